The normalized spacial score (nSPS) is 19.2. The maximum absolute atomic E-state index is 11.7. The van der Waals surface area contributed by atoms with E-state index in [0.717, 1.165) is 5.84 Å². The van der Waals surface area contributed by atoms with Gasteiger partial charge in [0.15, 0.2) is 0 Å². The molecule has 0 radical (unpaired) electrons. The standard InChI is InChI=1S/C9H17N3O/c1-6(2)8(10)9(13)12-5-4-11-7(12)3/h6,8H,4-5,10H2,1-3H3/t8-/m0/s1. The quantitative estimate of drug-likeness (QED) is 0.666. The third-order valence-electron chi connectivity index (χ3n) is 2.32. The van der Waals surface area contributed by atoms with E-state index in [1.807, 2.05) is 20.8 Å². The van der Waals surface area contributed by atoms with E-state index in [9.17, 15) is 4.79 Å². The van der Waals surface area contributed by atoms with Gasteiger partial charge in [0.1, 0.15) is 5.84 Å². The number of amidine groups is 1. The Balaban J connectivity index is 2.63. The Morgan fingerprint density at radius 1 is 1.62 bits per heavy atom. The number of hydrogen-bond donors (Lipinski definition) is 1. The smallest absolute Gasteiger partial charge is 0.245 e. The molecule has 1 heterocycles. The summed E-state index contributed by atoms with van der Waals surface area (Å²) in [6, 6.07) is -0.400. The van der Waals surface area contributed by atoms with Crippen molar-refractivity contribution in [3.8, 4) is 0 Å². The van der Waals surface area contributed by atoms with Crippen molar-refractivity contribution in [2.75, 3.05) is 13.1 Å². The zero-order chi connectivity index (χ0) is 10.0. The van der Waals surface area contributed by atoms with Gasteiger partial charge in [0.05, 0.1) is 12.6 Å². The van der Waals surface area contributed by atoms with Gasteiger partial charge in [-0.25, -0.2) is 0 Å². The summed E-state index contributed by atoms with van der Waals surface area (Å²) in [7, 11) is 0. The topological polar surface area (TPSA) is 58.7 Å². The van der Waals surface area contributed by atoms with Gasteiger partial charge in [0.25, 0.3) is 0 Å². The number of nitrogens with two attached hydrogens (primary N) is 1. The second kappa shape index (κ2) is 3.87. The molecule has 0 spiro atoms. The summed E-state index contributed by atoms with van der Waals surface area (Å²) in [4.78, 5) is 17.5. The van der Waals surface area contributed by atoms with Crippen LogP contribution in [0.2, 0.25) is 0 Å². The molecule has 74 valence electrons. The fourth-order valence-corrected chi connectivity index (χ4v) is 1.29. The van der Waals surface area contributed by atoms with Crippen molar-refractivity contribution in [2.45, 2.75) is 26.8 Å². The van der Waals surface area contributed by atoms with Gasteiger partial charge in [-0.05, 0) is 12.8 Å². The monoisotopic (exact) mass is 183 g/mol. The van der Waals surface area contributed by atoms with E-state index in [1.165, 1.54) is 0 Å². The van der Waals surface area contributed by atoms with Crippen molar-refractivity contribution in [3.63, 3.8) is 0 Å². The van der Waals surface area contributed by atoms with Crippen LogP contribution in [0.3, 0.4) is 0 Å². The molecule has 0 aromatic rings. The summed E-state index contributed by atoms with van der Waals surface area (Å²) in [6.07, 6.45) is 0. The lowest BCUT2D eigenvalue weighted by molar-refractivity contribution is -0.129. The molecule has 0 unspecified atom stereocenters. The molecule has 1 atom stereocenters. The average Bonchev–Trinajstić information content (AvgIpc) is 2.48. The summed E-state index contributed by atoms with van der Waals surface area (Å²) in [6.45, 7) is 7.14. The van der Waals surface area contributed by atoms with Crippen molar-refractivity contribution in [3.05, 3.63) is 0 Å². The van der Waals surface area contributed by atoms with E-state index >= 15 is 0 Å². The van der Waals surface area contributed by atoms with E-state index in [1.54, 1.807) is 4.90 Å². The van der Waals surface area contributed by atoms with Gasteiger partial charge in [0.2, 0.25) is 5.91 Å². The molecule has 0 saturated carbocycles. The van der Waals surface area contributed by atoms with Crippen LogP contribution in [0.5, 0.6) is 0 Å². The first-order valence-corrected chi connectivity index (χ1v) is 4.62. The van der Waals surface area contributed by atoms with Gasteiger partial charge in [-0.3, -0.25) is 14.7 Å². The van der Waals surface area contributed by atoms with Gasteiger partial charge < -0.3 is 5.73 Å². The molecule has 1 aliphatic heterocycles. The highest BCUT2D eigenvalue weighted by atomic mass is 16.2. The molecule has 0 aliphatic carbocycles. The highest BCUT2D eigenvalue weighted by Crippen LogP contribution is 2.07. The molecule has 4 heteroatoms. The van der Waals surface area contributed by atoms with Gasteiger partial charge in [-0.1, -0.05) is 13.8 Å². The van der Waals surface area contributed by atoms with Crippen LogP contribution >= 0.6 is 0 Å². The lowest BCUT2D eigenvalue weighted by atomic mass is 10.0. The minimum Gasteiger partial charge on any atom is -0.320 e. The minimum absolute atomic E-state index is 0.00579. The van der Waals surface area contributed by atoms with Crippen LogP contribution in [0, 0.1) is 5.92 Å². The van der Waals surface area contributed by atoms with Gasteiger partial charge >= 0.3 is 0 Å². The Bertz CT molecular complexity index is 235. The van der Waals surface area contributed by atoms with Crippen molar-refractivity contribution in [2.24, 2.45) is 16.6 Å². The van der Waals surface area contributed by atoms with Crippen LogP contribution in [0.25, 0.3) is 0 Å². The molecule has 0 aromatic carbocycles. The molecule has 0 fully saturated rings. The van der Waals surface area contributed by atoms with Crippen LogP contribution in [0.4, 0.5) is 0 Å². The summed E-state index contributed by atoms with van der Waals surface area (Å²) in [5, 5.41) is 0. The molecule has 1 rings (SSSR count). The number of aliphatic imine (C=N–C) groups is 1. The second-order valence-electron chi connectivity index (χ2n) is 3.69. The Morgan fingerprint density at radius 2 is 2.23 bits per heavy atom. The van der Waals surface area contributed by atoms with E-state index in [2.05, 4.69) is 4.99 Å². The van der Waals surface area contributed by atoms with Crippen LogP contribution in [0.15, 0.2) is 4.99 Å². The molecule has 4 nitrogen and oxygen atoms in total. The highest BCUT2D eigenvalue weighted by Gasteiger charge is 2.26. The van der Waals surface area contributed by atoms with Crippen molar-refractivity contribution in [1.29, 1.82) is 0 Å². The molecule has 0 bridgehead atoms. The SMILES string of the molecule is CC1=NCCN1C(=O)[C@@H](N)C(C)C. The highest BCUT2D eigenvalue weighted by molar-refractivity contribution is 6.00. The summed E-state index contributed by atoms with van der Waals surface area (Å²) in [5.74, 6) is 0.968. The first-order valence-electron chi connectivity index (χ1n) is 4.62. The Hall–Kier alpha value is -0.900. The third kappa shape index (κ3) is 2.06. The largest absolute Gasteiger partial charge is 0.320 e. The van der Waals surface area contributed by atoms with Crippen molar-refractivity contribution < 1.29 is 4.79 Å². The van der Waals surface area contributed by atoms with Gasteiger partial charge in [-0.15, -0.1) is 0 Å². The van der Waals surface area contributed by atoms with Gasteiger partial charge in [-0.2, -0.15) is 0 Å². The molecular formula is C9H17N3O. The van der Waals surface area contributed by atoms with E-state index in [0.29, 0.717) is 13.1 Å². The Kier molecular flexibility index (Phi) is 3.03. The average molecular weight is 183 g/mol. The lowest BCUT2D eigenvalue weighted by Crippen LogP contribution is -2.47. The molecule has 13 heavy (non-hydrogen) atoms. The maximum Gasteiger partial charge on any atom is 0.245 e. The summed E-state index contributed by atoms with van der Waals surface area (Å²) < 4.78 is 0. The number of rotatable bonds is 2. The fraction of sp³-hybridized carbons (Fsp3) is 0.778. The van der Waals surface area contributed by atoms with E-state index in [-0.39, 0.29) is 11.8 Å². The Labute approximate surface area is 78.8 Å². The fourth-order valence-electron chi connectivity index (χ4n) is 1.29. The first-order chi connectivity index (χ1) is 6.04. The molecule has 2 N–H and O–H groups in total. The zero-order valence-corrected chi connectivity index (χ0v) is 8.45. The Morgan fingerprint density at radius 3 is 2.62 bits per heavy atom. The summed E-state index contributed by atoms with van der Waals surface area (Å²) >= 11 is 0. The maximum atomic E-state index is 11.7. The van der Waals surface area contributed by atoms with Crippen LogP contribution in [0.1, 0.15) is 20.8 Å². The molecule has 0 aromatic heterocycles. The number of carbonyl (C=O) groups excluding carboxylic acids is 1. The number of amides is 1. The number of carbonyl (C=O) groups is 1. The van der Waals surface area contributed by atoms with Crippen molar-refractivity contribution >= 4 is 11.7 Å². The molecule has 1 amide bonds. The van der Waals surface area contributed by atoms with E-state index < -0.39 is 6.04 Å². The lowest BCUT2D eigenvalue weighted by Gasteiger charge is -2.22. The second-order valence-corrected chi connectivity index (χ2v) is 3.69. The molecular weight excluding hydrogens is 166 g/mol. The number of nitrogens with zero attached hydrogens (tertiary/aromatic N) is 2. The van der Waals surface area contributed by atoms with Crippen LogP contribution < -0.4 is 5.73 Å². The first kappa shape index (κ1) is 10.2. The zero-order valence-electron chi connectivity index (χ0n) is 8.45. The van der Waals surface area contributed by atoms with Gasteiger partial charge in [0, 0.05) is 6.54 Å². The minimum atomic E-state index is -0.400. The summed E-state index contributed by atoms with van der Waals surface area (Å²) in [5.41, 5.74) is 5.76. The predicted molar refractivity (Wildman–Crippen MR) is 52.5 cm³/mol. The molecule has 1 aliphatic rings. The third-order valence-corrected chi connectivity index (χ3v) is 2.32. The van der Waals surface area contributed by atoms with E-state index in [4.69, 9.17) is 5.73 Å². The molecule has 0 saturated heterocycles. The predicted octanol–water partition coefficient (Wildman–Crippen LogP) is 0.230. The van der Waals surface area contributed by atoms with Crippen molar-refractivity contribution in [1.82, 2.24) is 4.90 Å². The van der Waals surface area contributed by atoms with Crippen LogP contribution in [-0.4, -0.2) is 35.8 Å². The number of hydrogen-bond acceptors (Lipinski definition) is 3. The van der Waals surface area contributed by atoms with Crippen LogP contribution in [-0.2, 0) is 4.79 Å².